The molecule has 0 spiro atoms. The number of aryl methyl sites for hydroxylation is 1. The van der Waals surface area contributed by atoms with Crippen molar-refractivity contribution < 1.29 is 9.53 Å². The smallest absolute Gasteiger partial charge is 0.319 e. The van der Waals surface area contributed by atoms with E-state index < -0.39 is 0 Å². The van der Waals surface area contributed by atoms with Crippen LogP contribution in [0.25, 0.3) is 0 Å². The molecule has 1 fully saturated rings. The number of carbonyl (C=O) groups excluding carboxylic acids is 1. The first kappa shape index (κ1) is 13.9. The molecule has 0 aromatic carbocycles. The molecule has 2 atom stereocenters. The van der Waals surface area contributed by atoms with Crippen molar-refractivity contribution in [2.45, 2.75) is 38.8 Å². The lowest BCUT2D eigenvalue weighted by molar-refractivity contribution is -0.177. The molecular formula is C13H22N4O2. The number of rotatable bonds is 3. The van der Waals surface area contributed by atoms with Crippen LogP contribution in [0.15, 0.2) is 12.4 Å². The van der Waals surface area contributed by atoms with E-state index in [4.69, 9.17) is 4.74 Å². The SMILES string of the molecule is CO[C@@]1(C)C[C@@H](NC(=O)Nc2cnn(C)c2)C1(C)C. The lowest BCUT2D eigenvalue weighted by Crippen LogP contribution is -2.68. The topological polar surface area (TPSA) is 68.2 Å². The number of nitrogens with zero attached hydrogens (tertiary/aromatic N) is 2. The van der Waals surface area contributed by atoms with Gasteiger partial charge >= 0.3 is 6.03 Å². The molecule has 0 bridgehead atoms. The second kappa shape index (κ2) is 4.52. The zero-order chi connectivity index (χ0) is 14.3. The summed E-state index contributed by atoms with van der Waals surface area (Å²) in [5.41, 5.74) is 0.416. The summed E-state index contributed by atoms with van der Waals surface area (Å²) in [6.45, 7) is 6.29. The molecule has 2 N–H and O–H groups in total. The average molecular weight is 266 g/mol. The van der Waals surface area contributed by atoms with Crippen LogP contribution in [0.5, 0.6) is 0 Å². The summed E-state index contributed by atoms with van der Waals surface area (Å²) in [6, 6.07) is -0.0988. The Morgan fingerprint density at radius 1 is 1.53 bits per heavy atom. The van der Waals surface area contributed by atoms with E-state index in [2.05, 4.69) is 36.5 Å². The third kappa shape index (κ3) is 2.32. The van der Waals surface area contributed by atoms with E-state index in [0.29, 0.717) is 5.69 Å². The Morgan fingerprint density at radius 2 is 2.21 bits per heavy atom. The summed E-state index contributed by atoms with van der Waals surface area (Å²) < 4.78 is 7.18. The van der Waals surface area contributed by atoms with Gasteiger partial charge in [-0.1, -0.05) is 13.8 Å². The molecule has 6 nitrogen and oxygen atoms in total. The molecule has 1 aliphatic rings. The third-order valence-electron chi connectivity index (χ3n) is 4.55. The van der Waals surface area contributed by atoms with Crippen molar-refractivity contribution in [3.63, 3.8) is 0 Å². The van der Waals surface area contributed by atoms with Gasteiger partial charge in [-0.2, -0.15) is 5.10 Å². The molecule has 1 saturated carbocycles. The van der Waals surface area contributed by atoms with Crippen LogP contribution in [0.1, 0.15) is 27.2 Å². The van der Waals surface area contributed by atoms with Gasteiger partial charge < -0.3 is 15.4 Å². The van der Waals surface area contributed by atoms with Gasteiger partial charge in [-0.15, -0.1) is 0 Å². The van der Waals surface area contributed by atoms with Crippen LogP contribution in [0.3, 0.4) is 0 Å². The number of anilines is 1. The van der Waals surface area contributed by atoms with Crippen LogP contribution in [-0.4, -0.2) is 34.6 Å². The highest BCUT2D eigenvalue weighted by Gasteiger charge is 2.58. The molecule has 1 heterocycles. The van der Waals surface area contributed by atoms with Gasteiger partial charge in [0.15, 0.2) is 0 Å². The molecule has 0 aliphatic heterocycles. The van der Waals surface area contributed by atoms with E-state index in [9.17, 15) is 4.79 Å². The zero-order valence-electron chi connectivity index (χ0n) is 12.2. The first-order chi connectivity index (χ1) is 8.78. The fourth-order valence-corrected chi connectivity index (χ4v) is 2.53. The van der Waals surface area contributed by atoms with E-state index in [-0.39, 0.29) is 23.1 Å². The van der Waals surface area contributed by atoms with Crippen LogP contribution in [0.4, 0.5) is 10.5 Å². The van der Waals surface area contributed by atoms with Crippen molar-refractivity contribution >= 4 is 11.7 Å². The molecule has 0 radical (unpaired) electrons. The molecule has 6 heteroatoms. The summed E-state index contributed by atoms with van der Waals surface area (Å²) in [7, 11) is 3.52. The Morgan fingerprint density at radius 3 is 2.68 bits per heavy atom. The fraction of sp³-hybridized carbons (Fsp3) is 0.692. The van der Waals surface area contributed by atoms with Gasteiger partial charge in [-0.25, -0.2) is 4.79 Å². The first-order valence-corrected chi connectivity index (χ1v) is 6.40. The molecular weight excluding hydrogens is 244 g/mol. The van der Waals surface area contributed by atoms with Crippen LogP contribution in [0, 0.1) is 5.41 Å². The minimum Gasteiger partial charge on any atom is -0.378 e. The number of hydrogen-bond acceptors (Lipinski definition) is 3. The van der Waals surface area contributed by atoms with Crippen molar-refractivity contribution in [1.82, 2.24) is 15.1 Å². The van der Waals surface area contributed by atoms with Crippen LogP contribution in [-0.2, 0) is 11.8 Å². The summed E-state index contributed by atoms with van der Waals surface area (Å²) in [5, 5.41) is 9.76. The summed E-state index contributed by atoms with van der Waals surface area (Å²) in [4.78, 5) is 11.9. The normalized spacial score (nSPS) is 28.6. The lowest BCUT2D eigenvalue weighted by Gasteiger charge is -2.58. The molecule has 106 valence electrons. The molecule has 0 unspecified atom stereocenters. The maximum Gasteiger partial charge on any atom is 0.319 e. The number of urea groups is 1. The second-order valence-electron chi connectivity index (χ2n) is 5.91. The predicted octanol–water partition coefficient (Wildman–Crippen LogP) is 1.75. The number of carbonyl (C=O) groups is 1. The molecule has 2 amide bonds. The molecule has 1 aliphatic carbocycles. The van der Waals surface area contributed by atoms with Crippen molar-refractivity contribution in [3.8, 4) is 0 Å². The molecule has 19 heavy (non-hydrogen) atoms. The Labute approximate surface area is 113 Å². The van der Waals surface area contributed by atoms with Crippen molar-refractivity contribution in [1.29, 1.82) is 0 Å². The van der Waals surface area contributed by atoms with Gasteiger partial charge in [0.1, 0.15) is 0 Å². The monoisotopic (exact) mass is 266 g/mol. The van der Waals surface area contributed by atoms with Gasteiger partial charge in [0.25, 0.3) is 0 Å². The number of nitrogens with one attached hydrogen (secondary N) is 2. The number of amides is 2. The minimum atomic E-state index is -0.204. The van der Waals surface area contributed by atoms with Crippen LogP contribution < -0.4 is 10.6 Å². The van der Waals surface area contributed by atoms with Gasteiger partial charge in [0.05, 0.1) is 17.5 Å². The molecule has 1 aromatic heterocycles. The summed E-state index contributed by atoms with van der Waals surface area (Å²) in [6.07, 6.45) is 4.19. The lowest BCUT2D eigenvalue weighted by atomic mass is 9.56. The Bertz CT molecular complexity index is 483. The number of ether oxygens (including phenoxy) is 1. The van der Waals surface area contributed by atoms with E-state index in [1.807, 2.05) is 7.05 Å². The Hall–Kier alpha value is -1.56. The third-order valence-corrected chi connectivity index (χ3v) is 4.55. The molecule has 2 rings (SSSR count). The molecule has 0 saturated heterocycles. The van der Waals surface area contributed by atoms with Gasteiger partial charge in [0, 0.05) is 31.8 Å². The van der Waals surface area contributed by atoms with Crippen LogP contribution in [0.2, 0.25) is 0 Å². The number of aromatic nitrogens is 2. The van der Waals surface area contributed by atoms with E-state index in [0.717, 1.165) is 6.42 Å². The van der Waals surface area contributed by atoms with Gasteiger partial charge in [0.2, 0.25) is 0 Å². The first-order valence-electron chi connectivity index (χ1n) is 6.40. The van der Waals surface area contributed by atoms with Crippen LogP contribution >= 0.6 is 0 Å². The maximum atomic E-state index is 11.9. The largest absolute Gasteiger partial charge is 0.378 e. The highest BCUT2D eigenvalue weighted by Crippen LogP contribution is 2.51. The quantitative estimate of drug-likeness (QED) is 0.875. The van der Waals surface area contributed by atoms with E-state index in [1.165, 1.54) is 0 Å². The average Bonchev–Trinajstić information content (AvgIpc) is 2.73. The predicted molar refractivity (Wildman–Crippen MR) is 73.0 cm³/mol. The second-order valence-corrected chi connectivity index (χ2v) is 5.91. The Balaban J connectivity index is 1.91. The van der Waals surface area contributed by atoms with Crippen molar-refractivity contribution in [2.24, 2.45) is 12.5 Å². The van der Waals surface area contributed by atoms with Crippen molar-refractivity contribution in [2.75, 3.05) is 12.4 Å². The van der Waals surface area contributed by atoms with E-state index in [1.54, 1.807) is 24.2 Å². The van der Waals surface area contributed by atoms with Crippen molar-refractivity contribution in [3.05, 3.63) is 12.4 Å². The Kier molecular flexibility index (Phi) is 3.30. The minimum absolute atomic E-state index is 0.0893. The fourth-order valence-electron chi connectivity index (χ4n) is 2.53. The zero-order valence-corrected chi connectivity index (χ0v) is 12.2. The highest BCUT2D eigenvalue weighted by molar-refractivity contribution is 5.89. The highest BCUT2D eigenvalue weighted by atomic mass is 16.5. The van der Waals surface area contributed by atoms with Gasteiger partial charge in [-0.3, -0.25) is 4.68 Å². The number of hydrogen-bond donors (Lipinski definition) is 2. The maximum absolute atomic E-state index is 11.9. The summed E-state index contributed by atoms with van der Waals surface area (Å²) >= 11 is 0. The van der Waals surface area contributed by atoms with E-state index >= 15 is 0 Å². The van der Waals surface area contributed by atoms with Gasteiger partial charge in [-0.05, 0) is 13.3 Å². The summed E-state index contributed by atoms with van der Waals surface area (Å²) in [5.74, 6) is 0. The standard InChI is InChI=1S/C13H22N4O2/c1-12(2)10(6-13(12,3)19-5)16-11(18)15-9-7-14-17(4)8-9/h7-8,10H,6H2,1-5H3,(H2,15,16,18)/t10-,13+/m1/s1. The molecule has 1 aromatic rings. The number of methoxy groups -OCH3 is 1.